The zero-order valence-electron chi connectivity index (χ0n) is 9.01. The summed E-state index contributed by atoms with van der Waals surface area (Å²) in [5.74, 6) is 0.969. The molecule has 78 valence electrons. The van der Waals surface area contributed by atoms with E-state index in [0.717, 1.165) is 38.1 Å². The number of ether oxygens (including phenoxy) is 1. The standard InChI is InChI=1S/C11H23NO/c1-3-5-10-9-11(10)12-6-8-13-7-4-2/h10-12H,3-9H2,1-2H3. The quantitative estimate of drug-likeness (QED) is 0.585. The van der Waals surface area contributed by atoms with E-state index in [0.29, 0.717) is 0 Å². The van der Waals surface area contributed by atoms with Gasteiger partial charge in [-0.3, -0.25) is 0 Å². The summed E-state index contributed by atoms with van der Waals surface area (Å²) in [6.45, 7) is 7.23. The van der Waals surface area contributed by atoms with Gasteiger partial charge < -0.3 is 10.1 Å². The predicted octanol–water partition coefficient (Wildman–Crippen LogP) is 2.19. The monoisotopic (exact) mass is 185 g/mol. The van der Waals surface area contributed by atoms with Crippen molar-refractivity contribution < 1.29 is 4.74 Å². The first-order valence-corrected chi connectivity index (χ1v) is 5.69. The summed E-state index contributed by atoms with van der Waals surface area (Å²) in [6.07, 6.45) is 5.24. The summed E-state index contributed by atoms with van der Waals surface area (Å²) < 4.78 is 5.39. The molecule has 1 rings (SSSR count). The Bertz CT molecular complexity index is 127. The molecular weight excluding hydrogens is 162 g/mol. The summed E-state index contributed by atoms with van der Waals surface area (Å²) in [5.41, 5.74) is 0. The van der Waals surface area contributed by atoms with Gasteiger partial charge in [-0.2, -0.15) is 0 Å². The highest BCUT2D eigenvalue weighted by molar-refractivity contribution is 4.92. The summed E-state index contributed by atoms with van der Waals surface area (Å²) in [6, 6.07) is 0.810. The van der Waals surface area contributed by atoms with Crippen molar-refractivity contribution in [3.8, 4) is 0 Å². The van der Waals surface area contributed by atoms with Gasteiger partial charge in [-0.15, -0.1) is 0 Å². The van der Waals surface area contributed by atoms with Gasteiger partial charge in [0.05, 0.1) is 6.61 Å². The minimum atomic E-state index is 0.810. The molecule has 0 aromatic carbocycles. The number of hydrogen-bond donors (Lipinski definition) is 1. The molecule has 1 aliphatic carbocycles. The molecule has 0 aromatic rings. The summed E-state index contributed by atoms with van der Waals surface area (Å²) >= 11 is 0. The second kappa shape index (κ2) is 6.39. The lowest BCUT2D eigenvalue weighted by atomic mass is 10.2. The average Bonchev–Trinajstić information content (AvgIpc) is 2.84. The lowest BCUT2D eigenvalue weighted by molar-refractivity contribution is 0.136. The van der Waals surface area contributed by atoms with Crippen molar-refractivity contribution in [3.63, 3.8) is 0 Å². The Kier molecular flexibility index (Phi) is 5.40. The fourth-order valence-corrected chi connectivity index (χ4v) is 1.75. The molecule has 1 N–H and O–H groups in total. The highest BCUT2D eigenvalue weighted by Gasteiger charge is 2.34. The van der Waals surface area contributed by atoms with Crippen LogP contribution in [0.5, 0.6) is 0 Å². The third kappa shape index (κ3) is 4.63. The number of rotatable bonds is 8. The van der Waals surface area contributed by atoms with E-state index in [4.69, 9.17) is 4.74 Å². The Morgan fingerprint density at radius 1 is 1.23 bits per heavy atom. The van der Waals surface area contributed by atoms with Crippen molar-refractivity contribution in [2.45, 2.75) is 45.6 Å². The van der Waals surface area contributed by atoms with Crippen molar-refractivity contribution in [1.29, 1.82) is 0 Å². The van der Waals surface area contributed by atoms with E-state index in [-0.39, 0.29) is 0 Å². The molecule has 1 fully saturated rings. The molecule has 0 saturated heterocycles. The Morgan fingerprint density at radius 2 is 2.08 bits per heavy atom. The van der Waals surface area contributed by atoms with Crippen LogP contribution in [-0.4, -0.2) is 25.8 Å². The van der Waals surface area contributed by atoms with Crippen LogP contribution in [0, 0.1) is 5.92 Å². The maximum atomic E-state index is 5.39. The molecule has 2 heteroatoms. The molecule has 1 aliphatic rings. The largest absolute Gasteiger partial charge is 0.380 e. The second-order valence-corrected chi connectivity index (χ2v) is 3.96. The molecule has 2 nitrogen and oxygen atoms in total. The zero-order chi connectivity index (χ0) is 9.52. The van der Waals surface area contributed by atoms with Crippen LogP contribution in [0.15, 0.2) is 0 Å². The van der Waals surface area contributed by atoms with Crippen LogP contribution in [0.2, 0.25) is 0 Å². The first kappa shape index (κ1) is 11.0. The van der Waals surface area contributed by atoms with Crippen LogP contribution in [0.4, 0.5) is 0 Å². The minimum Gasteiger partial charge on any atom is -0.380 e. The predicted molar refractivity (Wildman–Crippen MR) is 55.9 cm³/mol. The van der Waals surface area contributed by atoms with E-state index >= 15 is 0 Å². The van der Waals surface area contributed by atoms with Gasteiger partial charge in [0.1, 0.15) is 0 Å². The van der Waals surface area contributed by atoms with E-state index in [9.17, 15) is 0 Å². The number of nitrogens with one attached hydrogen (secondary N) is 1. The third-order valence-corrected chi connectivity index (χ3v) is 2.58. The molecule has 0 aromatic heterocycles. The van der Waals surface area contributed by atoms with Crippen LogP contribution in [0.1, 0.15) is 39.5 Å². The Labute approximate surface area is 82.0 Å². The van der Waals surface area contributed by atoms with Gasteiger partial charge >= 0.3 is 0 Å². The Balaban J connectivity index is 1.80. The highest BCUT2D eigenvalue weighted by atomic mass is 16.5. The van der Waals surface area contributed by atoms with Crippen molar-refractivity contribution in [1.82, 2.24) is 5.32 Å². The van der Waals surface area contributed by atoms with E-state index in [1.165, 1.54) is 19.3 Å². The maximum absolute atomic E-state index is 5.39. The van der Waals surface area contributed by atoms with E-state index in [2.05, 4.69) is 19.2 Å². The Morgan fingerprint density at radius 3 is 2.77 bits per heavy atom. The molecule has 2 unspecified atom stereocenters. The van der Waals surface area contributed by atoms with Gasteiger partial charge in [-0.05, 0) is 25.2 Å². The first-order valence-electron chi connectivity index (χ1n) is 5.69. The fraction of sp³-hybridized carbons (Fsp3) is 1.00. The van der Waals surface area contributed by atoms with E-state index in [1.807, 2.05) is 0 Å². The van der Waals surface area contributed by atoms with Gasteiger partial charge in [0.2, 0.25) is 0 Å². The van der Waals surface area contributed by atoms with Crippen LogP contribution in [0.25, 0.3) is 0 Å². The van der Waals surface area contributed by atoms with Crippen LogP contribution in [0.3, 0.4) is 0 Å². The topological polar surface area (TPSA) is 21.3 Å². The third-order valence-electron chi connectivity index (χ3n) is 2.58. The van der Waals surface area contributed by atoms with Gasteiger partial charge in [-0.25, -0.2) is 0 Å². The van der Waals surface area contributed by atoms with Crippen molar-refractivity contribution in [3.05, 3.63) is 0 Å². The van der Waals surface area contributed by atoms with E-state index < -0.39 is 0 Å². The van der Waals surface area contributed by atoms with Gasteiger partial charge in [0, 0.05) is 19.2 Å². The van der Waals surface area contributed by atoms with Crippen LogP contribution < -0.4 is 5.32 Å². The van der Waals surface area contributed by atoms with Crippen molar-refractivity contribution in [2.75, 3.05) is 19.8 Å². The first-order chi connectivity index (χ1) is 6.38. The van der Waals surface area contributed by atoms with E-state index in [1.54, 1.807) is 0 Å². The average molecular weight is 185 g/mol. The lowest BCUT2D eigenvalue weighted by Crippen LogP contribution is -2.23. The molecule has 2 atom stereocenters. The molecule has 13 heavy (non-hydrogen) atoms. The maximum Gasteiger partial charge on any atom is 0.0590 e. The van der Waals surface area contributed by atoms with Gasteiger partial charge in [-0.1, -0.05) is 20.3 Å². The molecule has 0 radical (unpaired) electrons. The molecular formula is C11H23NO. The summed E-state index contributed by atoms with van der Waals surface area (Å²) in [5, 5.41) is 3.53. The molecule has 1 saturated carbocycles. The SMILES string of the molecule is CCCOCCNC1CC1CCC. The molecule has 0 amide bonds. The normalized spacial score (nSPS) is 26.3. The summed E-state index contributed by atoms with van der Waals surface area (Å²) in [7, 11) is 0. The molecule has 0 bridgehead atoms. The minimum absolute atomic E-state index is 0.810. The van der Waals surface area contributed by atoms with Gasteiger partial charge in [0.15, 0.2) is 0 Å². The fourth-order valence-electron chi connectivity index (χ4n) is 1.75. The lowest BCUT2D eigenvalue weighted by Gasteiger charge is -2.04. The number of hydrogen-bond acceptors (Lipinski definition) is 2. The van der Waals surface area contributed by atoms with Gasteiger partial charge in [0.25, 0.3) is 0 Å². The molecule has 0 spiro atoms. The van der Waals surface area contributed by atoms with Crippen LogP contribution in [-0.2, 0) is 4.74 Å². The Hall–Kier alpha value is -0.0800. The second-order valence-electron chi connectivity index (χ2n) is 3.96. The zero-order valence-corrected chi connectivity index (χ0v) is 9.01. The van der Waals surface area contributed by atoms with Crippen molar-refractivity contribution in [2.24, 2.45) is 5.92 Å². The highest BCUT2D eigenvalue weighted by Crippen LogP contribution is 2.34. The van der Waals surface area contributed by atoms with Crippen LogP contribution >= 0.6 is 0 Å². The molecule has 0 heterocycles. The van der Waals surface area contributed by atoms with Crippen molar-refractivity contribution >= 4 is 0 Å². The molecule has 0 aliphatic heterocycles. The summed E-state index contributed by atoms with van der Waals surface area (Å²) in [4.78, 5) is 0. The smallest absolute Gasteiger partial charge is 0.0590 e.